The number of benzene rings is 1. The number of rotatable bonds is 4. The van der Waals surface area contributed by atoms with Crippen molar-refractivity contribution in [1.29, 1.82) is 0 Å². The lowest BCUT2D eigenvalue weighted by molar-refractivity contribution is 0.0699. The van der Waals surface area contributed by atoms with Crippen molar-refractivity contribution in [3.05, 3.63) is 29.6 Å². The third-order valence-corrected chi connectivity index (χ3v) is 3.17. The number of hydrogen-bond acceptors (Lipinski definition) is 3. The molecule has 0 radical (unpaired) electrons. The Balaban J connectivity index is 1.96. The molecule has 3 N–H and O–H groups in total. The molecule has 0 atom stereocenters. The number of hydrogen-bond donors (Lipinski definition) is 2. The fourth-order valence-electron chi connectivity index (χ4n) is 2.04. The lowest BCUT2D eigenvalue weighted by Crippen LogP contribution is -2.23. The van der Waals surface area contributed by atoms with Gasteiger partial charge in [0.05, 0.1) is 5.56 Å². The van der Waals surface area contributed by atoms with E-state index >= 15 is 0 Å². The van der Waals surface area contributed by atoms with Gasteiger partial charge in [0.2, 0.25) is 0 Å². The number of carbonyl (C=O) groups is 1. The molecule has 0 unspecified atom stereocenters. The third-order valence-electron chi connectivity index (χ3n) is 3.17. The van der Waals surface area contributed by atoms with Crippen LogP contribution in [0.5, 0.6) is 0 Å². The van der Waals surface area contributed by atoms with Crippen molar-refractivity contribution in [3.8, 4) is 0 Å². The number of ether oxygens (including phenoxy) is 1. The summed E-state index contributed by atoms with van der Waals surface area (Å²) in [4.78, 5) is 11.0. The van der Waals surface area contributed by atoms with Crippen molar-refractivity contribution >= 4 is 11.6 Å². The number of nitrogens with one attached hydrogen (secondary N) is 1. The van der Waals surface area contributed by atoms with E-state index in [1.807, 2.05) is 0 Å². The minimum Gasteiger partial charge on any atom is -0.385 e. The fourth-order valence-corrected chi connectivity index (χ4v) is 2.04. The summed E-state index contributed by atoms with van der Waals surface area (Å²) < 4.78 is 18.5. The molecule has 1 saturated heterocycles. The number of primary amides is 1. The van der Waals surface area contributed by atoms with Crippen molar-refractivity contribution in [1.82, 2.24) is 0 Å². The Hall–Kier alpha value is -1.62. The molecule has 5 heteroatoms. The zero-order chi connectivity index (χ0) is 13.0. The maximum absolute atomic E-state index is 13.3. The van der Waals surface area contributed by atoms with Gasteiger partial charge in [0.25, 0.3) is 5.91 Å². The van der Waals surface area contributed by atoms with Gasteiger partial charge in [-0.05, 0) is 37.0 Å². The Morgan fingerprint density at radius 3 is 2.83 bits per heavy atom. The van der Waals surface area contributed by atoms with Crippen LogP contribution in [-0.2, 0) is 4.74 Å². The van der Waals surface area contributed by atoms with Gasteiger partial charge in [-0.2, -0.15) is 0 Å². The molecule has 1 fully saturated rings. The maximum Gasteiger partial charge on any atom is 0.251 e. The van der Waals surface area contributed by atoms with Gasteiger partial charge in [0, 0.05) is 25.4 Å². The number of nitrogens with two attached hydrogens (primary N) is 1. The standard InChI is InChI=1S/C13H17FN2O2/c14-12-2-1-10(7-11(12)13(15)17)16-8-9-3-5-18-6-4-9/h1-2,7,9,16H,3-6,8H2,(H2,15,17). The Labute approximate surface area is 105 Å². The molecule has 0 aromatic heterocycles. The molecule has 1 aliphatic heterocycles. The molecule has 98 valence electrons. The number of halogens is 1. The number of carbonyl (C=O) groups excluding carboxylic acids is 1. The van der Waals surface area contributed by atoms with Crippen LogP contribution in [0.1, 0.15) is 23.2 Å². The zero-order valence-corrected chi connectivity index (χ0v) is 10.1. The fraction of sp³-hybridized carbons (Fsp3) is 0.462. The van der Waals surface area contributed by atoms with E-state index in [-0.39, 0.29) is 5.56 Å². The molecule has 4 nitrogen and oxygen atoms in total. The second-order valence-corrected chi connectivity index (χ2v) is 4.50. The Kier molecular flexibility index (Phi) is 4.15. The van der Waals surface area contributed by atoms with Crippen LogP contribution in [0.3, 0.4) is 0 Å². The van der Waals surface area contributed by atoms with Gasteiger partial charge >= 0.3 is 0 Å². The van der Waals surface area contributed by atoms with Crippen molar-refractivity contribution in [2.45, 2.75) is 12.8 Å². The highest BCUT2D eigenvalue weighted by Gasteiger charge is 2.14. The van der Waals surface area contributed by atoms with Gasteiger partial charge in [-0.25, -0.2) is 4.39 Å². The van der Waals surface area contributed by atoms with Crippen LogP contribution in [0.25, 0.3) is 0 Å². The first-order valence-electron chi connectivity index (χ1n) is 6.08. The molecule has 1 amide bonds. The summed E-state index contributed by atoms with van der Waals surface area (Å²) in [6.45, 7) is 2.39. The van der Waals surface area contributed by atoms with Crippen LogP contribution in [-0.4, -0.2) is 25.7 Å². The van der Waals surface area contributed by atoms with Crippen LogP contribution in [0.2, 0.25) is 0 Å². The van der Waals surface area contributed by atoms with Gasteiger partial charge in [-0.3, -0.25) is 4.79 Å². The SMILES string of the molecule is NC(=O)c1cc(NCC2CCOCC2)ccc1F. The van der Waals surface area contributed by atoms with Crippen LogP contribution < -0.4 is 11.1 Å². The average Bonchev–Trinajstić information content (AvgIpc) is 2.38. The van der Waals surface area contributed by atoms with E-state index in [0.29, 0.717) is 5.92 Å². The predicted molar refractivity (Wildman–Crippen MR) is 67.0 cm³/mol. The average molecular weight is 252 g/mol. The summed E-state index contributed by atoms with van der Waals surface area (Å²) in [5, 5.41) is 3.21. The summed E-state index contributed by atoms with van der Waals surface area (Å²) in [6, 6.07) is 4.32. The minimum absolute atomic E-state index is 0.0769. The van der Waals surface area contributed by atoms with Crippen molar-refractivity contribution < 1.29 is 13.9 Å². The quantitative estimate of drug-likeness (QED) is 0.858. The molecule has 0 spiro atoms. The zero-order valence-electron chi connectivity index (χ0n) is 10.1. The summed E-state index contributed by atoms with van der Waals surface area (Å²) in [7, 11) is 0. The smallest absolute Gasteiger partial charge is 0.251 e. The molecular weight excluding hydrogens is 235 g/mol. The summed E-state index contributed by atoms with van der Waals surface area (Å²) in [5.74, 6) is -0.776. The summed E-state index contributed by atoms with van der Waals surface area (Å²) in [5.41, 5.74) is 5.74. The van der Waals surface area contributed by atoms with E-state index in [2.05, 4.69) is 5.32 Å². The molecule has 0 aliphatic carbocycles. The van der Waals surface area contributed by atoms with Gasteiger partial charge in [0.1, 0.15) is 5.82 Å². The summed E-state index contributed by atoms with van der Waals surface area (Å²) in [6.07, 6.45) is 2.05. The second-order valence-electron chi connectivity index (χ2n) is 4.50. The highest BCUT2D eigenvalue weighted by Crippen LogP contribution is 2.18. The van der Waals surface area contributed by atoms with Gasteiger partial charge in [0.15, 0.2) is 0 Å². The molecule has 1 aliphatic rings. The molecule has 1 heterocycles. The monoisotopic (exact) mass is 252 g/mol. The molecule has 0 saturated carbocycles. The van der Waals surface area contributed by atoms with Crippen molar-refractivity contribution in [3.63, 3.8) is 0 Å². The van der Waals surface area contributed by atoms with E-state index in [1.165, 1.54) is 12.1 Å². The van der Waals surface area contributed by atoms with E-state index in [9.17, 15) is 9.18 Å². The van der Waals surface area contributed by atoms with Crippen LogP contribution in [0.15, 0.2) is 18.2 Å². The third kappa shape index (κ3) is 3.20. The molecular formula is C13H17FN2O2. The number of amides is 1. The van der Waals surface area contributed by atoms with Gasteiger partial charge in [-0.1, -0.05) is 0 Å². The molecule has 1 aromatic carbocycles. The van der Waals surface area contributed by atoms with E-state index < -0.39 is 11.7 Å². The first-order chi connectivity index (χ1) is 8.66. The molecule has 0 bridgehead atoms. The van der Waals surface area contributed by atoms with Crippen LogP contribution in [0, 0.1) is 11.7 Å². The normalized spacial score (nSPS) is 16.5. The van der Waals surface area contributed by atoms with E-state index in [0.717, 1.165) is 38.3 Å². The van der Waals surface area contributed by atoms with Gasteiger partial charge < -0.3 is 15.8 Å². The highest BCUT2D eigenvalue weighted by molar-refractivity contribution is 5.94. The molecule has 2 rings (SSSR count). The molecule has 1 aromatic rings. The Bertz CT molecular complexity index is 431. The van der Waals surface area contributed by atoms with Crippen LogP contribution in [0.4, 0.5) is 10.1 Å². The molecule has 18 heavy (non-hydrogen) atoms. The first kappa shape index (κ1) is 12.8. The lowest BCUT2D eigenvalue weighted by atomic mass is 10.0. The van der Waals surface area contributed by atoms with Crippen molar-refractivity contribution in [2.75, 3.05) is 25.1 Å². The van der Waals surface area contributed by atoms with Crippen LogP contribution >= 0.6 is 0 Å². The first-order valence-corrected chi connectivity index (χ1v) is 6.08. The minimum atomic E-state index is -0.748. The predicted octanol–water partition coefficient (Wildman–Crippen LogP) is 1.76. The number of anilines is 1. The van der Waals surface area contributed by atoms with Crippen molar-refractivity contribution in [2.24, 2.45) is 11.7 Å². The van der Waals surface area contributed by atoms with E-state index in [1.54, 1.807) is 6.07 Å². The second kappa shape index (κ2) is 5.82. The topological polar surface area (TPSA) is 64.4 Å². The maximum atomic E-state index is 13.3. The highest BCUT2D eigenvalue weighted by atomic mass is 19.1. The summed E-state index contributed by atoms with van der Waals surface area (Å²) >= 11 is 0. The largest absolute Gasteiger partial charge is 0.385 e. The Morgan fingerprint density at radius 1 is 1.44 bits per heavy atom. The Morgan fingerprint density at radius 2 is 2.17 bits per heavy atom. The van der Waals surface area contributed by atoms with Gasteiger partial charge in [-0.15, -0.1) is 0 Å². The van der Waals surface area contributed by atoms with E-state index in [4.69, 9.17) is 10.5 Å². The lowest BCUT2D eigenvalue weighted by Gasteiger charge is -2.22.